The van der Waals surface area contributed by atoms with E-state index in [1.165, 1.54) is 5.56 Å². The zero-order chi connectivity index (χ0) is 15.8. The van der Waals surface area contributed by atoms with Crippen molar-refractivity contribution >= 4 is 24.0 Å². The van der Waals surface area contributed by atoms with E-state index < -0.39 is 0 Å². The summed E-state index contributed by atoms with van der Waals surface area (Å²) in [6.07, 6.45) is 1.93. The molecule has 0 aromatic heterocycles. The van der Waals surface area contributed by atoms with Crippen molar-refractivity contribution in [2.45, 2.75) is 19.3 Å². The molecule has 5 heteroatoms. The van der Waals surface area contributed by atoms with Crippen LogP contribution in [0.15, 0.2) is 48.5 Å². The van der Waals surface area contributed by atoms with E-state index in [4.69, 9.17) is 10.5 Å². The predicted molar refractivity (Wildman–Crippen MR) is 96.1 cm³/mol. The number of carbonyl (C=O) groups excluding carboxylic acids is 1. The smallest absolute Gasteiger partial charge is 0.220 e. The van der Waals surface area contributed by atoms with Gasteiger partial charge in [0.05, 0.1) is 7.11 Å². The largest absolute Gasteiger partial charge is 0.497 e. The number of rotatable bonds is 7. The number of benzene rings is 2. The Hall–Kier alpha value is -2.20. The zero-order valence-corrected chi connectivity index (χ0v) is 14.1. The van der Waals surface area contributed by atoms with Crippen LogP contribution in [0.2, 0.25) is 0 Å². The first-order valence-corrected chi connectivity index (χ1v) is 7.42. The quantitative estimate of drug-likeness (QED) is 0.765. The highest BCUT2D eigenvalue weighted by Gasteiger charge is 2.04. The number of halogens is 1. The van der Waals surface area contributed by atoms with Crippen molar-refractivity contribution in [2.75, 3.05) is 19.4 Å². The number of nitrogen functional groups attached to an aromatic ring is 1. The molecular formula is C18H23ClN2O2. The van der Waals surface area contributed by atoms with Crippen molar-refractivity contribution in [1.29, 1.82) is 0 Å². The number of methoxy groups -OCH3 is 1. The van der Waals surface area contributed by atoms with Crippen LogP contribution < -0.4 is 15.8 Å². The van der Waals surface area contributed by atoms with Crippen LogP contribution in [0.4, 0.5) is 5.69 Å². The molecule has 0 atom stereocenters. The van der Waals surface area contributed by atoms with Crippen molar-refractivity contribution in [1.82, 2.24) is 5.32 Å². The van der Waals surface area contributed by atoms with Crippen molar-refractivity contribution < 1.29 is 9.53 Å². The van der Waals surface area contributed by atoms with Gasteiger partial charge in [-0.25, -0.2) is 0 Å². The van der Waals surface area contributed by atoms with E-state index in [1.807, 2.05) is 48.5 Å². The molecule has 0 spiro atoms. The average Bonchev–Trinajstić information content (AvgIpc) is 2.55. The maximum absolute atomic E-state index is 11.8. The summed E-state index contributed by atoms with van der Waals surface area (Å²) in [5.41, 5.74) is 8.80. The van der Waals surface area contributed by atoms with E-state index in [0.717, 1.165) is 23.4 Å². The van der Waals surface area contributed by atoms with Crippen LogP contribution in [0.1, 0.15) is 17.5 Å². The lowest BCUT2D eigenvalue weighted by Crippen LogP contribution is -2.25. The Balaban J connectivity index is 0.00000264. The van der Waals surface area contributed by atoms with E-state index >= 15 is 0 Å². The first-order chi connectivity index (χ1) is 10.7. The molecule has 0 heterocycles. The van der Waals surface area contributed by atoms with Gasteiger partial charge < -0.3 is 15.8 Å². The maximum atomic E-state index is 11.8. The Morgan fingerprint density at radius 3 is 2.43 bits per heavy atom. The Morgan fingerprint density at radius 1 is 1.09 bits per heavy atom. The molecule has 2 aromatic carbocycles. The molecule has 1 amide bonds. The monoisotopic (exact) mass is 334 g/mol. The minimum absolute atomic E-state index is 0. The molecule has 0 aliphatic rings. The number of nitrogens with two attached hydrogens (primary N) is 1. The summed E-state index contributed by atoms with van der Waals surface area (Å²) < 4.78 is 5.12. The molecule has 0 unspecified atom stereocenters. The molecule has 0 aliphatic carbocycles. The molecule has 0 saturated heterocycles. The van der Waals surface area contributed by atoms with Crippen LogP contribution in [0.25, 0.3) is 0 Å². The van der Waals surface area contributed by atoms with Crippen molar-refractivity contribution in [3.05, 3.63) is 59.7 Å². The third kappa shape index (κ3) is 6.20. The molecule has 0 bridgehead atoms. The first-order valence-electron chi connectivity index (χ1n) is 7.42. The molecule has 0 aliphatic heterocycles. The van der Waals surface area contributed by atoms with Gasteiger partial charge in [-0.3, -0.25) is 4.79 Å². The van der Waals surface area contributed by atoms with E-state index in [9.17, 15) is 4.79 Å². The lowest BCUT2D eigenvalue weighted by Gasteiger charge is -2.07. The number of aryl methyl sites for hydroxylation is 1. The highest BCUT2D eigenvalue weighted by molar-refractivity contribution is 5.85. The molecule has 2 rings (SSSR count). The second-order valence-corrected chi connectivity index (χ2v) is 5.15. The zero-order valence-electron chi connectivity index (χ0n) is 13.2. The summed E-state index contributed by atoms with van der Waals surface area (Å²) in [4.78, 5) is 11.8. The molecule has 0 radical (unpaired) electrons. The summed E-state index contributed by atoms with van der Waals surface area (Å²) in [5, 5.41) is 2.94. The van der Waals surface area contributed by atoms with Crippen LogP contribution in [0.5, 0.6) is 5.75 Å². The van der Waals surface area contributed by atoms with Gasteiger partial charge in [-0.05, 0) is 42.2 Å². The molecule has 4 nitrogen and oxygen atoms in total. The molecule has 0 saturated carbocycles. The van der Waals surface area contributed by atoms with Crippen LogP contribution in [0.3, 0.4) is 0 Å². The summed E-state index contributed by atoms with van der Waals surface area (Å²) >= 11 is 0. The number of amides is 1. The number of ether oxygens (including phenoxy) is 1. The number of nitrogens with one attached hydrogen (secondary N) is 1. The number of hydrogen-bond donors (Lipinski definition) is 2. The minimum Gasteiger partial charge on any atom is -0.497 e. The van der Waals surface area contributed by atoms with Crippen LogP contribution in [-0.2, 0) is 17.6 Å². The molecular weight excluding hydrogens is 312 g/mol. The van der Waals surface area contributed by atoms with Gasteiger partial charge in [0.25, 0.3) is 0 Å². The fraction of sp³-hybridized carbons (Fsp3) is 0.278. The van der Waals surface area contributed by atoms with Crippen LogP contribution in [-0.4, -0.2) is 19.6 Å². The Labute approximate surface area is 143 Å². The summed E-state index contributed by atoms with van der Waals surface area (Å²) in [7, 11) is 1.65. The standard InChI is InChI=1S/C18H22N2O2.ClH/c1-22-16-9-6-14(7-10-16)12-13-20-18(21)11-8-15-4-2-3-5-17(15)19;/h2-7,9-10H,8,11-13,19H2,1H3,(H,20,21);1H. The molecule has 124 valence electrons. The van der Waals surface area contributed by atoms with E-state index in [-0.39, 0.29) is 18.3 Å². The van der Waals surface area contributed by atoms with Gasteiger partial charge in [-0.15, -0.1) is 12.4 Å². The summed E-state index contributed by atoms with van der Waals surface area (Å²) in [6, 6.07) is 15.5. The number of hydrogen-bond acceptors (Lipinski definition) is 3. The summed E-state index contributed by atoms with van der Waals surface area (Å²) in [5.74, 6) is 0.894. The highest BCUT2D eigenvalue weighted by Crippen LogP contribution is 2.13. The van der Waals surface area contributed by atoms with Gasteiger partial charge >= 0.3 is 0 Å². The third-order valence-corrected chi connectivity index (χ3v) is 3.57. The lowest BCUT2D eigenvalue weighted by atomic mass is 10.1. The SMILES string of the molecule is COc1ccc(CCNC(=O)CCc2ccccc2N)cc1.Cl. The van der Waals surface area contributed by atoms with Gasteiger partial charge in [0.15, 0.2) is 0 Å². The Morgan fingerprint density at radius 2 is 1.78 bits per heavy atom. The van der Waals surface area contributed by atoms with E-state index in [0.29, 0.717) is 19.4 Å². The van der Waals surface area contributed by atoms with E-state index in [1.54, 1.807) is 7.11 Å². The normalized spacial score (nSPS) is 9.78. The van der Waals surface area contributed by atoms with Crippen LogP contribution in [0, 0.1) is 0 Å². The highest BCUT2D eigenvalue weighted by atomic mass is 35.5. The van der Waals surface area contributed by atoms with Crippen molar-refractivity contribution in [3.8, 4) is 5.75 Å². The van der Waals surface area contributed by atoms with Gasteiger partial charge in [-0.2, -0.15) is 0 Å². The fourth-order valence-electron chi connectivity index (χ4n) is 2.24. The van der Waals surface area contributed by atoms with E-state index in [2.05, 4.69) is 5.32 Å². The third-order valence-electron chi connectivity index (χ3n) is 3.57. The number of anilines is 1. The molecule has 3 N–H and O–H groups in total. The van der Waals surface area contributed by atoms with Crippen molar-refractivity contribution in [2.24, 2.45) is 0 Å². The summed E-state index contributed by atoms with van der Waals surface area (Å²) in [6.45, 7) is 0.634. The first kappa shape index (κ1) is 18.8. The maximum Gasteiger partial charge on any atom is 0.220 e. The second-order valence-electron chi connectivity index (χ2n) is 5.15. The van der Waals surface area contributed by atoms with Gasteiger partial charge in [0.1, 0.15) is 5.75 Å². The molecule has 0 fully saturated rings. The van der Waals surface area contributed by atoms with Gasteiger partial charge in [0, 0.05) is 18.7 Å². The topological polar surface area (TPSA) is 64.3 Å². The Kier molecular flexibility index (Phi) is 7.98. The molecule has 23 heavy (non-hydrogen) atoms. The number of carbonyl (C=O) groups is 1. The van der Waals surface area contributed by atoms with Crippen molar-refractivity contribution in [3.63, 3.8) is 0 Å². The second kappa shape index (κ2) is 9.74. The molecule has 2 aromatic rings. The number of para-hydroxylation sites is 1. The van der Waals surface area contributed by atoms with Crippen LogP contribution >= 0.6 is 12.4 Å². The predicted octanol–water partition coefficient (Wildman–Crippen LogP) is 2.99. The van der Waals surface area contributed by atoms with Gasteiger partial charge in [-0.1, -0.05) is 30.3 Å². The average molecular weight is 335 g/mol. The minimum atomic E-state index is 0. The fourth-order valence-corrected chi connectivity index (χ4v) is 2.24. The Bertz CT molecular complexity index is 615. The lowest BCUT2D eigenvalue weighted by molar-refractivity contribution is -0.121. The van der Waals surface area contributed by atoms with Gasteiger partial charge in [0.2, 0.25) is 5.91 Å².